The second-order valence-corrected chi connectivity index (χ2v) is 7.97. The van der Waals surface area contributed by atoms with Crippen molar-refractivity contribution >= 4 is 23.3 Å². The lowest BCUT2D eigenvalue weighted by Crippen LogP contribution is -2.55. The Balaban J connectivity index is 1.56. The highest BCUT2D eigenvalue weighted by Gasteiger charge is 2.37. The van der Waals surface area contributed by atoms with Crippen LogP contribution >= 0.6 is 11.6 Å². The lowest BCUT2D eigenvalue weighted by atomic mass is 9.93. The maximum Gasteiger partial charge on any atom is 0.292 e. The SMILES string of the molecule is CC1=CC(C)N=C(C(=O)NC2=CNC3C(C)=C(C)C(c4ccccc4Cl)NN23)N1. The first-order chi connectivity index (χ1) is 13.8. The molecular weight excluding hydrogens is 388 g/mol. The normalized spacial score (nSPS) is 26.0. The van der Waals surface area contributed by atoms with Gasteiger partial charge in [-0.3, -0.25) is 14.8 Å². The molecule has 1 aromatic rings. The second-order valence-electron chi connectivity index (χ2n) is 7.57. The summed E-state index contributed by atoms with van der Waals surface area (Å²) in [7, 11) is 0. The molecule has 3 aliphatic heterocycles. The van der Waals surface area contributed by atoms with E-state index in [0.29, 0.717) is 16.7 Å². The van der Waals surface area contributed by atoms with Crippen molar-refractivity contribution in [3.05, 3.63) is 69.8 Å². The Morgan fingerprint density at radius 1 is 1.21 bits per heavy atom. The van der Waals surface area contributed by atoms with E-state index in [2.05, 4.69) is 40.2 Å². The summed E-state index contributed by atoms with van der Waals surface area (Å²) in [5, 5.41) is 12.0. The third-order valence-corrected chi connectivity index (χ3v) is 5.79. The molecule has 3 unspecified atom stereocenters. The first kappa shape index (κ1) is 19.5. The maximum absolute atomic E-state index is 12.8. The minimum absolute atomic E-state index is 0.0361. The van der Waals surface area contributed by atoms with Crippen LogP contribution in [0.1, 0.15) is 39.3 Å². The average molecular weight is 413 g/mol. The number of nitrogens with one attached hydrogen (secondary N) is 4. The van der Waals surface area contributed by atoms with Gasteiger partial charge in [-0.2, -0.15) is 0 Å². The molecule has 152 valence electrons. The Morgan fingerprint density at radius 3 is 2.69 bits per heavy atom. The molecule has 0 bridgehead atoms. The molecule has 0 saturated heterocycles. The molecule has 1 amide bonds. The first-order valence-corrected chi connectivity index (χ1v) is 10.0. The molecule has 1 aromatic carbocycles. The Morgan fingerprint density at radius 2 is 1.97 bits per heavy atom. The molecule has 8 heteroatoms. The Bertz CT molecular complexity index is 979. The van der Waals surface area contributed by atoms with Gasteiger partial charge in [0.2, 0.25) is 0 Å². The number of allylic oxidation sites excluding steroid dienone is 1. The van der Waals surface area contributed by atoms with E-state index in [0.717, 1.165) is 11.3 Å². The number of carbonyl (C=O) groups is 1. The number of hydrazine groups is 1. The van der Waals surface area contributed by atoms with Crippen molar-refractivity contribution in [1.29, 1.82) is 0 Å². The van der Waals surface area contributed by atoms with Gasteiger partial charge in [0.15, 0.2) is 5.84 Å². The van der Waals surface area contributed by atoms with Gasteiger partial charge in [-0.1, -0.05) is 29.8 Å². The molecule has 0 saturated carbocycles. The summed E-state index contributed by atoms with van der Waals surface area (Å²) < 4.78 is 0. The van der Waals surface area contributed by atoms with Crippen LogP contribution in [-0.2, 0) is 4.79 Å². The van der Waals surface area contributed by atoms with Crippen LogP contribution in [0.2, 0.25) is 5.02 Å². The topological polar surface area (TPSA) is 80.8 Å². The fourth-order valence-corrected chi connectivity index (χ4v) is 4.09. The number of benzene rings is 1. The van der Waals surface area contributed by atoms with Crippen molar-refractivity contribution in [2.75, 3.05) is 0 Å². The summed E-state index contributed by atoms with van der Waals surface area (Å²) in [6.45, 7) is 8.05. The summed E-state index contributed by atoms with van der Waals surface area (Å²) in [5.41, 5.74) is 7.78. The smallest absolute Gasteiger partial charge is 0.292 e. The number of hydrogen-bond donors (Lipinski definition) is 4. The zero-order valence-electron chi connectivity index (χ0n) is 16.9. The highest BCUT2D eigenvalue weighted by atomic mass is 35.5. The molecule has 3 heterocycles. The van der Waals surface area contributed by atoms with E-state index in [1.54, 1.807) is 6.20 Å². The highest BCUT2D eigenvalue weighted by Crippen LogP contribution is 2.36. The summed E-state index contributed by atoms with van der Waals surface area (Å²) in [6.07, 6.45) is 3.70. The molecule has 0 radical (unpaired) electrons. The first-order valence-electron chi connectivity index (χ1n) is 9.63. The van der Waals surface area contributed by atoms with Crippen molar-refractivity contribution in [3.8, 4) is 0 Å². The van der Waals surface area contributed by atoms with E-state index in [1.807, 2.05) is 49.2 Å². The summed E-state index contributed by atoms with van der Waals surface area (Å²) >= 11 is 6.45. The Hall–Kier alpha value is -2.77. The number of carbonyl (C=O) groups excluding carboxylic acids is 1. The lowest BCUT2D eigenvalue weighted by molar-refractivity contribution is -0.115. The van der Waals surface area contributed by atoms with Gasteiger partial charge < -0.3 is 16.0 Å². The van der Waals surface area contributed by atoms with Crippen LogP contribution in [0.25, 0.3) is 0 Å². The largest absolute Gasteiger partial charge is 0.364 e. The van der Waals surface area contributed by atoms with Crippen LogP contribution in [-0.4, -0.2) is 29.0 Å². The molecule has 29 heavy (non-hydrogen) atoms. The third-order valence-electron chi connectivity index (χ3n) is 5.44. The van der Waals surface area contributed by atoms with Crippen molar-refractivity contribution < 1.29 is 4.79 Å². The predicted octanol–water partition coefficient (Wildman–Crippen LogP) is 2.68. The number of rotatable bonds is 3. The van der Waals surface area contributed by atoms with Crippen LogP contribution in [0, 0.1) is 0 Å². The van der Waals surface area contributed by atoms with E-state index < -0.39 is 0 Å². The number of aliphatic imine (C=N–C) groups is 1. The predicted molar refractivity (Wildman–Crippen MR) is 114 cm³/mol. The summed E-state index contributed by atoms with van der Waals surface area (Å²) in [6, 6.07) is 7.67. The number of hydrogen-bond acceptors (Lipinski definition) is 6. The standard InChI is InChI=1S/C21H25ClN6O/c1-11-9-12(2)25-19(24-11)21(29)26-17-10-23-20-14(4)13(3)18(27-28(17)20)15-7-5-6-8-16(15)22/h5-11,18,20,23,27H,1-4H3,(H,24,25)(H,26,29). The van der Waals surface area contributed by atoms with Gasteiger partial charge in [0.05, 0.1) is 12.1 Å². The fourth-order valence-electron chi connectivity index (χ4n) is 3.85. The quantitative estimate of drug-likeness (QED) is 0.574. The van der Waals surface area contributed by atoms with Gasteiger partial charge in [0.25, 0.3) is 5.91 Å². The molecule has 3 atom stereocenters. The van der Waals surface area contributed by atoms with Gasteiger partial charge in [0.1, 0.15) is 12.0 Å². The number of amidine groups is 1. The number of amides is 1. The van der Waals surface area contributed by atoms with Crippen LogP contribution in [0.5, 0.6) is 0 Å². The van der Waals surface area contributed by atoms with Gasteiger partial charge in [-0.05, 0) is 56.5 Å². The minimum Gasteiger partial charge on any atom is -0.364 e. The van der Waals surface area contributed by atoms with E-state index >= 15 is 0 Å². The molecule has 4 N–H and O–H groups in total. The van der Waals surface area contributed by atoms with Gasteiger partial charge in [-0.15, -0.1) is 0 Å². The van der Waals surface area contributed by atoms with Crippen LogP contribution in [0.15, 0.2) is 64.2 Å². The van der Waals surface area contributed by atoms with Crippen molar-refractivity contribution in [2.45, 2.75) is 45.9 Å². The fraction of sp³-hybridized carbons (Fsp3) is 0.333. The number of halogens is 1. The van der Waals surface area contributed by atoms with E-state index in [-0.39, 0.29) is 24.2 Å². The van der Waals surface area contributed by atoms with E-state index in [1.165, 1.54) is 11.1 Å². The minimum atomic E-state index is -0.280. The molecular formula is C21H25ClN6O. The van der Waals surface area contributed by atoms with Crippen LogP contribution in [0.4, 0.5) is 0 Å². The second kappa shape index (κ2) is 7.57. The molecule has 0 fully saturated rings. The van der Waals surface area contributed by atoms with Gasteiger partial charge >= 0.3 is 0 Å². The molecule has 7 nitrogen and oxygen atoms in total. The van der Waals surface area contributed by atoms with Crippen LogP contribution in [0.3, 0.4) is 0 Å². The molecule has 0 aromatic heterocycles. The number of nitrogens with zero attached hydrogens (tertiary/aromatic N) is 2. The molecule has 4 rings (SSSR count). The number of fused-ring (bicyclic) bond motifs is 1. The monoisotopic (exact) mass is 412 g/mol. The van der Waals surface area contributed by atoms with E-state index in [9.17, 15) is 4.79 Å². The van der Waals surface area contributed by atoms with Gasteiger partial charge in [0, 0.05) is 16.9 Å². The van der Waals surface area contributed by atoms with Crippen molar-refractivity contribution in [2.24, 2.45) is 4.99 Å². The summed E-state index contributed by atoms with van der Waals surface area (Å²) in [5.74, 6) is 0.663. The van der Waals surface area contributed by atoms with Crippen molar-refractivity contribution in [3.63, 3.8) is 0 Å². The van der Waals surface area contributed by atoms with Crippen molar-refractivity contribution in [1.82, 2.24) is 26.4 Å². The van der Waals surface area contributed by atoms with E-state index in [4.69, 9.17) is 11.6 Å². The summed E-state index contributed by atoms with van der Waals surface area (Å²) in [4.78, 5) is 17.2. The maximum atomic E-state index is 12.8. The highest BCUT2D eigenvalue weighted by molar-refractivity contribution is 6.38. The lowest BCUT2D eigenvalue weighted by Gasteiger charge is -2.40. The third kappa shape index (κ3) is 3.63. The van der Waals surface area contributed by atoms with Gasteiger partial charge in [-0.25, -0.2) is 5.43 Å². The Kier molecular flexibility index (Phi) is 5.10. The average Bonchev–Trinajstić information content (AvgIpc) is 3.07. The molecule has 0 aliphatic carbocycles. The zero-order valence-corrected chi connectivity index (χ0v) is 17.6. The van der Waals surface area contributed by atoms with Crippen LogP contribution < -0.4 is 21.4 Å². The zero-order chi connectivity index (χ0) is 20.7. The molecule has 0 spiro atoms. The molecule has 3 aliphatic rings. The Labute approximate surface area is 175 Å².